The van der Waals surface area contributed by atoms with Crippen LogP contribution in [0.25, 0.3) is 11.5 Å². The predicted octanol–water partition coefficient (Wildman–Crippen LogP) is 3.63. The van der Waals surface area contributed by atoms with Crippen molar-refractivity contribution in [1.82, 2.24) is 15.5 Å². The molecule has 134 valence electrons. The summed E-state index contributed by atoms with van der Waals surface area (Å²) in [6.07, 6.45) is 1.24. The maximum absolute atomic E-state index is 12.5. The van der Waals surface area contributed by atoms with Gasteiger partial charge in [0.25, 0.3) is 5.91 Å². The molecule has 0 radical (unpaired) electrons. The van der Waals surface area contributed by atoms with Gasteiger partial charge >= 0.3 is 0 Å². The summed E-state index contributed by atoms with van der Waals surface area (Å²) in [5, 5.41) is 13.0. The molecule has 9 heteroatoms. The second-order valence-electron chi connectivity index (χ2n) is 5.56. The molecule has 0 spiro atoms. The van der Waals surface area contributed by atoms with E-state index < -0.39 is 6.04 Å². The minimum absolute atomic E-state index is 0.292. The Morgan fingerprint density at radius 3 is 2.73 bits per heavy atom. The number of carbonyl (C=O) groups is 2. The normalized spacial score (nSPS) is 11.8. The summed E-state index contributed by atoms with van der Waals surface area (Å²) in [7, 11) is 0. The minimum Gasteiger partial charge on any atom is -0.423 e. The molecule has 1 unspecified atom stereocenters. The second kappa shape index (κ2) is 7.79. The third kappa shape index (κ3) is 4.17. The van der Waals surface area contributed by atoms with E-state index in [1.165, 1.54) is 17.7 Å². The van der Waals surface area contributed by atoms with Crippen LogP contribution in [-0.2, 0) is 4.79 Å². The molecule has 0 saturated heterocycles. The molecule has 0 saturated carbocycles. The average Bonchev–Trinajstić information content (AvgIpc) is 3.28. The number of nitrogens with zero attached hydrogens (tertiary/aromatic N) is 2. The fraction of sp³-hybridized carbons (Fsp3) is 0.176. The van der Waals surface area contributed by atoms with Crippen LogP contribution in [0.15, 0.2) is 44.9 Å². The number of rotatable bonds is 5. The first-order chi connectivity index (χ1) is 12.4. The highest BCUT2D eigenvalue weighted by Crippen LogP contribution is 2.24. The SMILES string of the molecule is Cc1ccc(-c2nnco2)cc1NC(=O)C(C)NC(=O)c1ccc(Br)s1. The van der Waals surface area contributed by atoms with E-state index >= 15 is 0 Å². The van der Waals surface area contributed by atoms with Gasteiger partial charge in [-0.3, -0.25) is 9.59 Å². The summed E-state index contributed by atoms with van der Waals surface area (Å²) in [6, 6.07) is 8.23. The topological polar surface area (TPSA) is 97.1 Å². The van der Waals surface area contributed by atoms with Gasteiger partial charge in [-0.1, -0.05) is 6.07 Å². The molecule has 0 aliphatic heterocycles. The van der Waals surface area contributed by atoms with Crippen molar-refractivity contribution in [3.8, 4) is 11.5 Å². The van der Waals surface area contributed by atoms with Gasteiger partial charge in [-0.15, -0.1) is 21.5 Å². The number of nitrogens with one attached hydrogen (secondary N) is 2. The van der Waals surface area contributed by atoms with Crippen LogP contribution in [0.5, 0.6) is 0 Å². The zero-order valence-corrected chi connectivity index (χ0v) is 16.3. The number of amides is 2. The summed E-state index contributed by atoms with van der Waals surface area (Å²) in [4.78, 5) is 25.2. The number of aromatic nitrogens is 2. The number of anilines is 1. The summed E-state index contributed by atoms with van der Waals surface area (Å²) in [6.45, 7) is 3.51. The molecule has 3 aromatic rings. The van der Waals surface area contributed by atoms with Crippen molar-refractivity contribution in [1.29, 1.82) is 0 Å². The van der Waals surface area contributed by atoms with E-state index in [0.717, 1.165) is 9.35 Å². The predicted molar refractivity (Wildman–Crippen MR) is 102 cm³/mol. The molecule has 26 heavy (non-hydrogen) atoms. The number of aryl methyl sites for hydroxylation is 1. The summed E-state index contributed by atoms with van der Waals surface area (Å²) in [5.74, 6) is -0.246. The molecule has 0 bridgehead atoms. The quantitative estimate of drug-likeness (QED) is 0.638. The van der Waals surface area contributed by atoms with E-state index in [-0.39, 0.29) is 11.8 Å². The summed E-state index contributed by atoms with van der Waals surface area (Å²) in [5.41, 5.74) is 2.19. The van der Waals surface area contributed by atoms with Crippen LogP contribution in [0, 0.1) is 6.92 Å². The second-order valence-corrected chi connectivity index (χ2v) is 8.02. The first kappa shape index (κ1) is 18.3. The summed E-state index contributed by atoms with van der Waals surface area (Å²) >= 11 is 4.62. The van der Waals surface area contributed by atoms with Crippen LogP contribution in [-0.4, -0.2) is 28.1 Å². The average molecular weight is 435 g/mol. The van der Waals surface area contributed by atoms with Gasteiger partial charge in [-0.2, -0.15) is 0 Å². The van der Waals surface area contributed by atoms with E-state index in [2.05, 4.69) is 36.8 Å². The van der Waals surface area contributed by atoms with Crippen molar-refractivity contribution in [3.05, 3.63) is 51.0 Å². The van der Waals surface area contributed by atoms with Gasteiger partial charge in [-0.25, -0.2) is 0 Å². The minimum atomic E-state index is -0.699. The maximum Gasteiger partial charge on any atom is 0.262 e. The molecule has 1 atom stereocenters. The molecule has 0 aliphatic carbocycles. The number of thiophene rings is 1. The molecule has 2 heterocycles. The lowest BCUT2D eigenvalue weighted by Gasteiger charge is -2.15. The van der Waals surface area contributed by atoms with Gasteiger partial charge in [0.05, 0.1) is 8.66 Å². The highest BCUT2D eigenvalue weighted by Gasteiger charge is 2.19. The zero-order valence-electron chi connectivity index (χ0n) is 13.9. The smallest absolute Gasteiger partial charge is 0.262 e. The Kier molecular flexibility index (Phi) is 5.48. The van der Waals surface area contributed by atoms with Crippen molar-refractivity contribution in [2.24, 2.45) is 0 Å². The number of hydrogen-bond acceptors (Lipinski definition) is 6. The highest BCUT2D eigenvalue weighted by atomic mass is 79.9. The highest BCUT2D eigenvalue weighted by molar-refractivity contribution is 9.11. The molecule has 2 N–H and O–H groups in total. The Morgan fingerprint density at radius 1 is 1.27 bits per heavy atom. The van der Waals surface area contributed by atoms with Crippen molar-refractivity contribution < 1.29 is 14.0 Å². The first-order valence-electron chi connectivity index (χ1n) is 7.68. The van der Waals surface area contributed by atoms with Gasteiger partial charge in [0.2, 0.25) is 18.2 Å². The van der Waals surface area contributed by atoms with E-state index in [9.17, 15) is 9.59 Å². The molecule has 2 amide bonds. The molecule has 0 fully saturated rings. The van der Waals surface area contributed by atoms with Gasteiger partial charge < -0.3 is 15.1 Å². The Labute approximate surface area is 162 Å². The van der Waals surface area contributed by atoms with Gasteiger partial charge in [0, 0.05) is 11.3 Å². The van der Waals surface area contributed by atoms with Gasteiger partial charge in [0.15, 0.2) is 0 Å². The number of carbonyl (C=O) groups excluding carboxylic acids is 2. The first-order valence-corrected chi connectivity index (χ1v) is 9.29. The number of benzene rings is 1. The third-order valence-electron chi connectivity index (χ3n) is 3.64. The fourth-order valence-electron chi connectivity index (χ4n) is 2.20. The lowest BCUT2D eigenvalue weighted by molar-refractivity contribution is -0.117. The largest absolute Gasteiger partial charge is 0.423 e. The Morgan fingerprint density at radius 2 is 2.08 bits per heavy atom. The van der Waals surface area contributed by atoms with Crippen LogP contribution in [0.2, 0.25) is 0 Å². The molecule has 3 rings (SSSR count). The molecule has 0 aliphatic rings. The molecule has 2 aromatic heterocycles. The number of hydrogen-bond donors (Lipinski definition) is 2. The van der Waals surface area contributed by atoms with Crippen LogP contribution in [0.1, 0.15) is 22.2 Å². The van der Waals surface area contributed by atoms with Crippen LogP contribution in [0.4, 0.5) is 5.69 Å². The summed E-state index contributed by atoms with van der Waals surface area (Å²) < 4.78 is 6.03. The third-order valence-corrected chi connectivity index (χ3v) is 5.26. The lowest BCUT2D eigenvalue weighted by atomic mass is 10.1. The molecular weight excluding hydrogens is 420 g/mol. The monoisotopic (exact) mass is 434 g/mol. The molecular formula is C17H15BrN4O3S. The van der Waals surface area contributed by atoms with E-state index in [1.54, 1.807) is 25.1 Å². The van der Waals surface area contributed by atoms with Crippen molar-refractivity contribution >= 4 is 44.8 Å². The Bertz CT molecular complexity index is 939. The van der Waals surface area contributed by atoms with Gasteiger partial charge in [0.1, 0.15) is 6.04 Å². The van der Waals surface area contributed by atoms with Crippen LogP contribution < -0.4 is 10.6 Å². The molecule has 1 aromatic carbocycles. The Hall–Kier alpha value is -2.52. The van der Waals surface area contributed by atoms with Crippen LogP contribution >= 0.6 is 27.3 Å². The van der Waals surface area contributed by atoms with Crippen molar-refractivity contribution in [2.75, 3.05) is 5.32 Å². The fourth-order valence-corrected chi connectivity index (χ4v) is 3.49. The standard InChI is InChI=1S/C17H15BrN4O3S/c1-9-3-4-11(17-22-19-8-25-17)7-12(9)21-15(23)10(2)20-16(24)13-5-6-14(18)26-13/h3-8,10H,1-2H3,(H,20,24)(H,21,23). The van der Waals surface area contributed by atoms with E-state index in [1.807, 2.05) is 19.1 Å². The van der Waals surface area contributed by atoms with Crippen molar-refractivity contribution in [2.45, 2.75) is 19.9 Å². The molecule has 7 nitrogen and oxygen atoms in total. The number of halogens is 1. The van der Waals surface area contributed by atoms with Crippen LogP contribution in [0.3, 0.4) is 0 Å². The van der Waals surface area contributed by atoms with Crippen molar-refractivity contribution in [3.63, 3.8) is 0 Å². The van der Waals surface area contributed by atoms with E-state index in [4.69, 9.17) is 4.42 Å². The Balaban J connectivity index is 1.69. The van der Waals surface area contributed by atoms with Gasteiger partial charge in [-0.05, 0) is 59.6 Å². The zero-order chi connectivity index (χ0) is 18.7. The lowest BCUT2D eigenvalue weighted by Crippen LogP contribution is -2.41. The van der Waals surface area contributed by atoms with E-state index in [0.29, 0.717) is 22.0 Å². The maximum atomic E-state index is 12.5.